The van der Waals surface area contributed by atoms with Crippen molar-refractivity contribution < 1.29 is 26.5 Å². The summed E-state index contributed by atoms with van der Waals surface area (Å²) in [6.07, 6.45) is -0.0765. The van der Waals surface area contributed by atoms with E-state index in [4.69, 9.17) is 6.42 Å². The standard InChI is InChI=1S/C12H7F3N4O4S/c1-2-5-24(22,23)11-16-10(17-18-11)7-3-4-9(19(20)21)8(6-7)12(13,14)15/h1,3-4,6H,5H2,(H,16,17,18). The molecule has 0 unspecified atom stereocenters. The predicted octanol–water partition coefficient (Wildman–Crippen LogP) is 1.81. The van der Waals surface area contributed by atoms with Gasteiger partial charge in [0.05, 0.1) is 4.92 Å². The second-order valence-electron chi connectivity index (χ2n) is 4.41. The maximum Gasteiger partial charge on any atom is 0.423 e. The second kappa shape index (κ2) is 5.93. The quantitative estimate of drug-likeness (QED) is 0.504. The highest BCUT2D eigenvalue weighted by Gasteiger charge is 2.38. The molecule has 0 spiro atoms. The maximum absolute atomic E-state index is 12.9. The number of nitrogens with zero attached hydrogens (tertiary/aromatic N) is 3. The van der Waals surface area contributed by atoms with Gasteiger partial charge >= 0.3 is 6.18 Å². The van der Waals surface area contributed by atoms with Crippen molar-refractivity contribution in [1.29, 1.82) is 0 Å². The number of aromatic amines is 1. The van der Waals surface area contributed by atoms with Gasteiger partial charge in [-0.25, -0.2) is 13.5 Å². The summed E-state index contributed by atoms with van der Waals surface area (Å²) in [6.45, 7) is 0. The zero-order valence-corrected chi connectivity index (χ0v) is 12.3. The van der Waals surface area contributed by atoms with Crippen molar-refractivity contribution in [2.24, 2.45) is 0 Å². The molecule has 0 fully saturated rings. The van der Waals surface area contributed by atoms with Gasteiger partial charge < -0.3 is 0 Å². The molecule has 12 heteroatoms. The number of terminal acetylenes is 1. The first-order valence-electron chi connectivity index (χ1n) is 6.01. The van der Waals surface area contributed by atoms with Crippen LogP contribution in [0.25, 0.3) is 11.4 Å². The van der Waals surface area contributed by atoms with Crippen LogP contribution in [0.1, 0.15) is 5.56 Å². The van der Waals surface area contributed by atoms with E-state index < -0.39 is 43.1 Å². The van der Waals surface area contributed by atoms with Crippen molar-refractivity contribution in [2.75, 3.05) is 5.75 Å². The van der Waals surface area contributed by atoms with E-state index in [0.29, 0.717) is 12.1 Å². The summed E-state index contributed by atoms with van der Waals surface area (Å²) in [6, 6.07) is 2.09. The largest absolute Gasteiger partial charge is 0.423 e. The fraction of sp³-hybridized carbons (Fsp3) is 0.167. The minimum Gasteiger partial charge on any atom is -0.258 e. The van der Waals surface area contributed by atoms with Crippen LogP contribution in [-0.2, 0) is 16.0 Å². The highest BCUT2D eigenvalue weighted by molar-refractivity contribution is 7.91. The van der Waals surface area contributed by atoms with E-state index in [1.54, 1.807) is 0 Å². The zero-order chi connectivity index (χ0) is 18.1. The molecule has 0 amide bonds. The Labute approximate surface area is 132 Å². The molecular formula is C12H7F3N4O4S. The summed E-state index contributed by atoms with van der Waals surface area (Å²) in [5.74, 6) is 0.865. The number of nitro groups is 1. The van der Waals surface area contributed by atoms with Crippen LogP contribution in [0.5, 0.6) is 0 Å². The summed E-state index contributed by atoms with van der Waals surface area (Å²) in [4.78, 5) is 13.1. The lowest BCUT2D eigenvalue weighted by atomic mass is 10.1. The van der Waals surface area contributed by atoms with Gasteiger partial charge in [0.15, 0.2) is 5.82 Å². The summed E-state index contributed by atoms with van der Waals surface area (Å²) >= 11 is 0. The molecule has 1 N–H and O–H groups in total. The fourth-order valence-corrected chi connectivity index (χ4v) is 2.52. The van der Waals surface area contributed by atoms with E-state index in [0.717, 1.165) is 6.07 Å². The van der Waals surface area contributed by atoms with Crippen LogP contribution in [0, 0.1) is 22.5 Å². The molecule has 0 radical (unpaired) electrons. The van der Waals surface area contributed by atoms with Crippen LogP contribution in [-0.4, -0.2) is 34.3 Å². The third-order valence-electron chi connectivity index (χ3n) is 2.79. The van der Waals surface area contributed by atoms with E-state index in [9.17, 15) is 31.7 Å². The smallest absolute Gasteiger partial charge is 0.258 e. The highest BCUT2D eigenvalue weighted by atomic mass is 32.2. The van der Waals surface area contributed by atoms with Crippen LogP contribution in [0.3, 0.4) is 0 Å². The Balaban J connectivity index is 2.54. The Morgan fingerprint density at radius 3 is 2.58 bits per heavy atom. The van der Waals surface area contributed by atoms with Gasteiger partial charge in [0, 0.05) is 11.6 Å². The molecule has 126 valence electrons. The lowest BCUT2D eigenvalue weighted by Crippen LogP contribution is -2.09. The number of alkyl halides is 3. The van der Waals surface area contributed by atoms with Crippen molar-refractivity contribution >= 4 is 15.5 Å². The summed E-state index contributed by atoms with van der Waals surface area (Å²) in [5.41, 5.74) is -2.88. The second-order valence-corrected chi connectivity index (χ2v) is 6.32. The normalized spacial score (nSPS) is 11.9. The number of hydrogen-bond acceptors (Lipinski definition) is 6. The zero-order valence-electron chi connectivity index (χ0n) is 11.5. The van der Waals surface area contributed by atoms with Crippen LogP contribution in [0.2, 0.25) is 0 Å². The van der Waals surface area contributed by atoms with E-state index in [2.05, 4.69) is 15.2 Å². The Morgan fingerprint density at radius 1 is 1.38 bits per heavy atom. The Morgan fingerprint density at radius 2 is 2.04 bits per heavy atom. The monoisotopic (exact) mass is 360 g/mol. The van der Waals surface area contributed by atoms with Gasteiger partial charge in [-0.15, -0.1) is 6.42 Å². The van der Waals surface area contributed by atoms with Crippen molar-refractivity contribution in [1.82, 2.24) is 15.2 Å². The molecule has 0 aliphatic rings. The van der Waals surface area contributed by atoms with Gasteiger partial charge in [-0.05, 0) is 12.1 Å². The molecule has 24 heavy (non-hydrogen) atoms. The van der Waals surface area contributed by atoms with Crippen LogP contribution < -0.4 is 0 Å². The van der Waals surface area contributed by atoms with Crippen molar-refractivity contribution in [3.8, 4) is 23.7 Å². The van der Waals surface area contributed by atoms with Crippen molar-refractivity contribution in [2.45, 2.75) is 11.3 Å². The molecule has 0 aliphatic heterocycles. The molecule has 0 saturated heterocycles. The first-order valence-corrected chi connectivity index (χ1v) is 7.66. The molecule has 2 rings (SSSR count). The molecule has 0 bridgehead atoms. The number of halogens is 3. The number of nitro benzene ring substituents is 1. The van der Waals surface area contributed by atoms with E-state index >= 15 is 0 Å². The van der Waals surface area contributed by atoms with E-state index in [1.807, 2.05) is 5.92 Å². The fourth-order valence-electron chi connectivity index (χ4n) is 1.75. The number of sulfone groups is 1. The molecular weight excluding hydrogens is 353 g/mol. The average molecular weight is 360 g/mol. The SMILES string of the molecule is C#CCS(=O)(=O)c1nc(-c2ccc([N+](=O)[O-])c(C(F)(F)F)c2)n[nH]1. The molecule has 1 heterocycles. The Bertz CT molecular complexity index is 944. The van der Waals surface area contributed by atoms with Gasteiger partial charge in [-0.2, -0.15) is 23.3 Å². The lowest BCUT2D eigenvalue weighted by molar-refractivity contribution is -0.388. The Hall–Kier alpha value is -2.94. The number of hydrogen-bond donors (Lipinski definition) is 1. The number of aromatic nitrogens is 3. The number of H-pyrrole nitrogens is 1. The summed E-state index contributed by atoms with van der Waals surface area (Å²) in [7, 11) is -3.95. The lowest BCUT2D eigenvalue weighted by Gasteiger charge is -2.08. The molecule has 8 nitrogen and oxygen atoms in total. The molecule has 1 aromatic carbocycles. The molecule has 0 atom stereocenters. The molecule has 1 aromatic heterocycles. The number of benzene rings is 1. The maximum atomic E-state index is 12.9. The van der Waals surface area contributed by atoms with Gasteiger partial charge in [-0.1, -0.05) is 5.92 Å². The van der Waals surface area contributed by atoms with Gasteiger partial charge in [-0.3, -0.25) is 10.1 Å². The van der Waals surface area contributed by atoms with Crippen LogP contribution >= 0.6 is 0 Å². The molecule has 2 aromatic rings. The summed E-state index contributed by atoms with van der Waals surface area (Å²) in [5, 5.41) is 15.7. The number of rotatable bonds is 4. The highest BCUT2D eigenvalue weighted by Crippen LogP contribution is 2.38. The van der Waals surface area contributed by atoms with Crippen LogP contribution in [0.15, 0.2) is 23.4 Å². The molecule has 0 saturated carbocycles. The van der Waals surface area contributed by atoms with Crippen molar-refractivity contribution in [3.63, 3.8) is 0 Å². The minimum atomic E-state index is -4.98. The average Bonchev–Trinajstić information content (AvgIpc) is 2.96. The number of nitrogens with one attached hydrogen (secondary N) is 1. The van der Waals surface area contributed by atoms with Gasteiger partial charge in [0.2, 0.25) is 15.0 Å². The summed E-state index contributed by atoms with van der Waals surface area (Å²) < 4.78 is 62.2. The van der Waals surface area contributed by atoms with E-state index in [1.165, 1.54) is 0 Å². The third kappa shape index (κ3) is 3.35. The van der Waals surface area contributed by atoms with Gasteiger partial charge in [0.1, 0.15) is 11.3 Å². The van der Waals surface area contributed by atoms with Crippen molar-refractivity contribution in [3.05, 3.63) is 33.9 Å². The van der Waals surface area contributed by atoms with Gasteiger partial charge in [0.25, 0.3) is 5.69 Å². The third-order valence-corrected chi connectivity index (χ3v) is 4.11. The first kappa shape index (κ1) is 17.4. The predicted molar refractivity (Wildman–Crippen MR) is 74.4 cm³/mol. The van der Waals surface area contributed by atoms with Crippen LogP contribution in [0.4, 0.5) is 18.9 Å². The molecule has 0 aliphatic carbocycles. The first-order chi connectivity index (χ1) is 11.1. The Kier molecular flexibility index (Phi) is 4.30. The van der Waals surface area contributed by atoms with E-state index in [-0.39, 0.29) is 11.4 Å². The minimum absolute atomic E-state index is 0.244. The topological polar surface area (TPSA) is 119 Å².